The van der Waals surface area contributed by atoms with Crippen LogP contribution in [0.5, 0.6) is 5.75 Å². The predicted molar refractivity (Wildman–Crippen MR) is 141 cm³/mol. The third-order valence-electron chi connectivity index (χ3n) is 5.83. The molecule has 0 heterocycles. The Bertz CT molecular complexity index is 1110. The first-order chi connectivity index (χ1) is 17.4. The molecule has 0 bridgehead atoms. The maximum Gasteiger partial charge on any atom is 0.246 e. The third-order valence-corrected chi connectivity index (χ3v) is 5.83. The molecule has 8 heteroatoms. The predicted octanol–water partition coefficient (Wildman–Crippen LogP) is 2.76. The van der Waals surface area contributed by atoms with Gasteiger partial charge in [-0.3, -0.25) is 19.5 Å². The Balaban J connectivity index is 1.94. The minimum Gasteiger partial charge on any atom is -0.497 e. The highest BCUT2D eigenvalue weighted by molar-refractivity contribution is 6.01. The fourth-order valence-electron chi connectivity index (χ4n) is 3.95. The number of hydrogen-bond acceptors (Lipinski definition) is 5. The van der Waals surface area contributed by atoms with Crippen molar-refractivity contribution >= 4 is 17.8 Å². The van der Waals surface area contributed by atoms with Crippen LogP contribution in [0.3, 0.4) is 0 Å². The molecule has 0 aliphatic heterocycles. The smallest absolute Gasteiger partial charge is 0.246 e. The number of imide groups is 1. The second kappa shape index (κ2) is 13.1. The number of nitrogens with zero attached hydrogens (tertiary/aromatic N) is 2. The molecule has 0 aliphatic carbocycles. The number of methoxy groups -OCH3 is 1. The van der Waals surface area contributed by atoms with Crippen LogP contribution in [-0.4, -0.2) is 42.4 Å². The maximum atomic E-state index is 14.1. The number of amides is 2. The summed E-state index contributed by atoms with van der Waals surface area (Å²) in [7, 11) is 1.58. The van der Waals surface area contributed by atoms with Crippen LogP contribution in [0.2, 0.25) is 0 Å². The Morgan fingerprint density at radius 2 is 1.42 bits per heavy atom. The van der Waals surface area contributed by atoms with Crippen LogP contribution in [-0.2, 0) is 16.1 Å². The molecule has 0 aromatic heterocycles. The topological polar surface area (TPSA) is 137 Å². The van der Waals surface area contributed by atoms with Crippen LogP contribution in [0.4, 0.5) is 0 Å². The van der Waals surface area contributed by atoms with Crippen molar-refractivity contribution in [2.75, 3.05) is 13.7 Å². The highest BCUT2D eigenvalue weighted by Crippen LogP contribution is 2.28. The summed E-state index contributed by atoms with van der Waals surface area (Å²) in [5.74, 6) is -0.778. The van der Waals surface area contributed by atoms with Gasteiger partial charge in [0.05, 0.1) is 25.6 Å². The van der Waals surface area contributed by atoms with E-state index in [4.69, 9.17) is 21.9 Å². The molecule has 0 saturated heterocycles. The summed E-state index contributed by atoms with van der Waals surface area (Å²) in [6.07, 6.45) is 0.847. The fraction of sp³-hybridized carbons (Fsp3) is 0.250. The van der Waals surface area contributed by atoms with Crippen LogP contribution in [0.25, 0.3) is 0 Å². The van der Waals surface area contributed by atoms with Gasteiger partial charge in [0, 0.05) is 6.54 Å². The summed E-state index contributed by atoms with van der Waals surface area (Å²) in [5.41, 5.74) is 19.4. The molecule has 3 rings (SSSR count). The minimum atomic E-state index is -0.881. The summed E-state index contributed by atoms with van der Waals surface area (Å²) >= 11 is 0. The molecule has 2 amide bonds. The molecular formula is C28H33N5O3. The minimum absolute atomic E-state index is 0.0141. The monoisotopic (exact) mass is 487 g/mol. The van der Waals surface area contributed by atoms with E-state index < -0.39 is 17.9 Å². The highest BCUT2D eigenvalue weighted by atomic mass is 16.5. The van der Waals surface area contributed by atoms with Crippen molar-refractivity contribution in [3.8, 4) is 5.75 Å². The van der Waals surface area contributed by atoms with Crippen LogP contribution < -0.4 is 21.9 Å². The molecule has 3 aromatic rings. The van der Waals surface area contributed by atoms with Crippen molar-refractivity contribution in [2.45, 2.75) is 31.3 Å². The summed E-state index contributed by atoms with van der Waals surface area (Å²) in [6, 6.07) is 25.2. The zero-order valence-corrected chi connectivity index (χ0v) is 20.4. The lowest BCUT2D eigenvalue weighted by Gasteiger charge is -2.29. The fourth-order valence-corrected chi connectivity index (χ4v) is 3.95. The van der Waals surface area contributed by atoms with Crippen molar-refractivity contribution in [3.05, 3.63) is 102 Å². The van der Waals surface area contributed by atoms with Crippen molar-refractivity contribution < 1.29 is 14.3 Å². The van der Waals surface area contributed by atoms with Crippen molar-refractivity contribution in [3.63, 3.8) is 0 Å². The summed E-state index contributed by atoms with van der Waals surface area (Å²) in [5, 5.41) is 0. The third kappa shape index (κ3) is 7.16. The van der Waals surface area contributed by atoms with Gasteiger partial charge in [0.25, 0.3) is 0 Å². The van der Waals surface area contributed by atoms with E-state index in [0.717, 1.165) is 16.7 Å². The van der Waals surface area contributed by atoms with Gasteiger partial charge < -0.3 is 21.9 Å². The maximum absolute atomic E-state index is 14.1. The number of aliphatic imine (C=N–C) groups is 1. The number of guanidine groups is 1. The summed E-state index contributed by atoms with van der Waals surface area (Å²) in [4.78, 5) is 32.9. The second-order valence-electron chi connectivity index (χ2n) is 8.42. The molecule has 6 N–H and O–H groups in total. The molecule has 8 nitrogen and oxygen atoms in total. The number of carbonyl (C=O) groups excluding carboxylic acids is 2. The normalized spacial score (nSPS) is 11.5. The number of benzene rings is 3. The lowest BCUT2D eigenvalue weighted by Crippen LogP contribution is -2.48. The molecule has 36 heavy (non-hydrogen) atoms. The number of carbonyl (C=O) groups is 2. The second-order valence-corrected chi connectivity index (χ2v) is 8.42. The van der Waals surface area contributed by atoms with E-state index >= 15 is 0 Å². The molecule has 0 saturated carbocycles. The van der Waals surface area contributed by atoms with Crippen LogP contribution in [0.1, 0.15) is 35.4 Å². The Kier molecular flexibility index (Phi) is 9.59. The first kappa shape index (κ1) is 26.4. The molecule has 0 aliphatic rings. The molecule has 1 unspecified atom stereocenters. The number of rotatable bonds is 11. The number of hydrogen-bond donors (Lipinski definition) is 3. The Morgan fingerprint density at radius 1 is 0.861 bits per heavy atom. The Hall–Kier alpha value is -4.17. The van der Waals surface area contributed by atoms with Crippen LogP contribution >= 0.6 is 0 Å². The average Bonchev–Trinajstić information content (AvgIpc) is 2.90. The number of ether oxygens (including phenoxy) is 1. The van der Waals surface area contributed by atoms with Gasteiger partial charge in [-0.25, -0.2) is 0 Å². The van der Waals surface area contributed by atoms with E-state index in [9.17, 15) is 9.59 Å². The van der Waals surface area contributed by atoms with Gasteiger partial charge in [0.15, 0.2) is 5.96 Å². The summed E-state index contributed by atoms with van der Waals surface area (Å²) < 4.78 is 5.24. The first-order valence-corrected chi connectivity index (χ1v) is 11.8. The zero-order valence-electron chi connectivity index (χ0n) is 20.4. The van der Waals surface area contributed by atoms with E-state index in [1.807, 2.05) is 72.8 Å². The van der Waals surface area contributed by atoms with Gasteiger partial charge in [-0.2, -0.15) is 0 Å². The SMILES string of the molecule is COc1ccc(CN(C(=O)C(N)CCCN=C(N)N)C(=O)C(c2ccccc2)c2ccccc2)cc1. The van der Waals surface area contributed by atoms with Gasteiger partial charge in [-0.15, -0.1) is 0 Å². The van der Waals surface area contributed by atoms with E-state index in [0.29, 0.717) is 25.1 Å². The highest BCUT2D eigenvalue weighted by Gasteiger charge is 2.33. The average molecular weight is 488 g/mol. The van der Waals surface area contributed by atoms with E-state index in [2.05, 4.69) is 4.99 Å². The van der Waals surface area contributed by atoms with E-state index in [1.165, 1.54) is 4.90 Å². The van der Waals surface area contributed by atoms with E-state index in [-0.39, 0.29) is 18.4 Å². The molecule has 188 valence electrons. The molecule has 1 atom stereocenters. The van der Waals surface area contributed by atoms with Gasteiger partial charge in [-0.05, 0) is 41.7 Å². The molecular weight excluding hydrogens is 454 g/mol. The molecule has 0 radical (unpaired) electrons. The Labute approximate surface area is 211 Å². The number of nitrogens with two attached hydrogens (primary N) is 3. The zero-order chi connectivity index (χ0) is 25.9. The van der Waals surface area contributed by atoms with Gasteiger partial charge in [0.2, 0.25) is 11.8 Å². The molecule has 0 spiro atoms. The quantitative estimate of drug-likeness (QED) is 0.216. The summed E-state index contributed by atoms with van der Waals surface area (Å²) in [6.45, 7) is 0.436. The van der Waals surface area contributed by atoms with Crippen molar-refractivity contribution in [1.82, 2.24) is 4.90 Å². The lowest BCUT2D eigenvalue weighted by molar-refractivity contribution is -0.147. The Morgan fingerprint density at radius 3 is 1.92 bits per heavy atom. The van der Waals surface area contributed by atoms with Gasteiger partial charge in [0.1, 0.15) is 5.75 Å². The van der Waals surface area contributed by atoms with Crippen molar-refractivity contribution in [2.24, 2.45) is 22.2 Å². The van der Waals surface area contributed by atoms with Gasteiger partial charge in [-0.1, -0.05) is 72.8 Å². The first-order valence-electron chi connectivity index (χ1n) is 11.8. The largest absolute Gasteiger partial charge is 0.497 e. The van der Waals surface area contributed by atoms with Crippen molar-refractivity contribution in [1.29, 1.82) is 0 Å². The lowest BCUT2D eigenvalue weighted by atomic mass is 9.89. The van der Waals surface area contributed by atoms with Crippen LogP contribution in [0, 0.1) is 0 Å². The van der Waals surface area contributed by atoms with Crippen LogP contribution in [0.15, 0.2) is 89.9 Å². The van der Waals surface area contributed by atoms with Gasteiger partial charge >= 0.3 is 0 Å². The molecule has 0 fully saturated rings. The standard InChI is InChI=1S/C28H33N5O3/c1-36-23-16-14-20(15-17-23)19-33(26(34)24(29)13-8-18-32-28(30)31)27(35)25(21-9-4-2-5-10-21)22-11-6-3-7-12-22/h2-7,9-12,14-17,24-25H,8,13,18-19,29H2,1H3,(H4,30,31,32). The van der Waals surface area contributed by atoms with E-state index in [1.54, 1.807) is 19.2 Å². The molecule has 3 aromatic carbocycles.